The summed E-state index contributed by atoms with van der Waals surface area (Å²) in [6.45, 7) is 1.22. The Bertz CT molecular complexity index is 1360. The van der Waals surface area contributed by atoms with Crippen LogP contribution in [0.3, 0.4) is 0 Å². The van der Waals surface area contributed by atoms with Gasteiger partial charge in [-0.1, -0.05) is 23.7 Å². The van der Waals surface area contributed by atoms with Crippen LogP contribution in [0.2, 0.25) is 5.02 Å². The summed E-state index contributed by atoms with van der Waals surface area (Å²) in [5.41, 5.74) is -0.900. The topological polar surface area (TPSA) is 128 Å². The minimum atomic E-state index is -4.19. The molecule has 0 saturated heterocycles. The summed E-state index contributed by atoms with van der Waals surface area (Å²) in [7, 11) is -2.92. The number of ether oxygens (including phenoxy) is 1. The summed E-state index contributed by atoms with van der Waals surface area (Å²) < 4.78 is 47.4. The monoisotopic (exact) mass is 493 g/mol. The van der Waals surface area contributed by atoms with Gasteiger partial charge in [0.25, 0.3) is 21.6 Å². The van der Waals surface area contributed by atoms with Crippen LogP contribution < -0.4 is 14.8 Å². The van der Waals surface area contributed by atoms with Gasteiger partial charge in [0.15, 0.2) is 0 Å². The standard InChI is InChI=1S/C21H17ClFN3O6S/c1-12-16(23)9-13(10-18(12)26(28)29)21(27)24-14-7-8-19(32-2)20(11-14)33(30,31)25-17-6-4-3-5-15(17)22/h3-11,25H,1-2H3,(H,24,27). The van der Waals surface area contributed by atoms with Crippen molar-refractivity contribution >= 4 is 44.6 Å². The largest absolute Gasteiger partial charge is 0.495 e. The zero-order chi connectivity index (χ0) is 24.3. The van der Waals surface area contributed by atoms with Crippen molar-refractivity contribution in [1.29, 1.82) is 0 Å². The van der Waals surface area contributed by atoms with Gasteiger partial charge in [-0.3, -0.25) is 19.6 Å². The lowest BCUT2D eigenvalue weighted by molar-refractivity contribution is -0.385. The molecule has 3 aromatic rings. The molecule has 3 rings (SSSR count). The van der Waals surface area contributed by atoms with Gasteiger partial charge in [-0.05, 0) is 43.3 Å². The molecule has 0 spiro atoms. The van der Waals surface area contributed by atoms with E-state index in [-0.39, 0.29) is 38.2 Å². The average molecular weight is 494 g/mol. The number of para-hydroxylation sites is 1. The van der Waals surface area contributed by atoms with E-state index < -0.39 is 32.4 Å². The first kappa shape index (κ1) is 24.0. The van der Waals surface area contributed by atoms with Gasteiger partial charge >= 0.3 is 0 Å². The fourth-order valence-electron chi connectivity index (χ4n) is 2.90. The zero-order valence-electron chi connectivity index (χ0n) is 17.3. The van der Waals surface area contributed by atoms with Crippen molar-refractivity contribution in [2.75, 3.05) is 17.1 Å². The van der Waals surface area contributed by atoms with Crippen molar-refractivity contribution in [2.45, 2.75) is 11.8 Å². The highest BCUT2D eigenvalue weighted by Crippen LogP contribution is 2.31. The van der Waals surface area contributed by atoms with E-state index in [1.165, 1.54) is 38.3 Å². The van der Waals surface area contributed by atoms with Gasteiger partial charge in [-0.25, -0.2) is 12.8 Å². The number of methoxy groups -OCH3 is 1. The predicted molar refractivity (Wildman–Crippen MR) is 121 cm³/mol. The Balaban J connectivity index is 1.95. The first-order chi connectivity index (χ1) is 15.5. The average Bonchev–Trinajstić information content (AvgIpc) is 2.76. The first-order valence-electron chi connectivity index (χ1n) is 9.24. The Morgan fingerprint density at radius 2 is 1.85 bits per heavy atom. The van der Waals surface area contributed by atoms with Gasteiger partial charge in [-0.15, -0.1) is 0 Å². The molecule has 0 unspecified atom stereocenters. The molecule has 172 valence electrons. The molecule has 0 fully saturated rings. The number of sulfonamides is 1. The molecular weight excluding hydrogens is 477 g/mol. The van der Waals surface area contributed by atoms with Crippen LogP contribution >= 0.6 is 11.6 Å². The minimum Gasteiger partial charge on any atom is -0.495 e. The smallest absolute Gasteiger partial charge is 0.276 e. The van der Waals surface area contributed by atoms with Crippen molar-refractivity contribution in [2.24, 2.45) is 0 Å². The van der Waals surface area contributed by atoms with Crippen molar-refractivity contribution in [3.8, 4) is 5.75 Å². The third kappa shape index (κ3) is 5.21. The van der Waals surface area contributed by atoms with E-state index in [4.69, 9.17) is 16.3 Å². The molecule has 33 heavy (non-hydrogen) atoms. The second-order valence-electron chi connectivity index (χ2n) is 6.76. The van der Waals surface area contributed by atoms with E-state index in [9.17, 15) is 27.7 Å². The van der Waals surface area contributed by atoms with Crippen LogP contribution in [0.25, 0.3) is 0 Å². The Morgan fingerprint density at radius 3 is 2.48 bits per heavy atom. The lowest BCUT2D eigenvalue weighted by Crippen LogP contribution is -2.16. The molecule has 1 amide bonds. The summed E-state index contributed by atoms with van der Waals surface area (Å²) in [5.74, 6) is -1.80. The van der Waals surface area contributed by atoms with Crippen molar-refractivity contribution in [1.82, 2.24) is 0 Å². The number of rotatable bonds is 7. The van der Waals surface area contributed by atoms with Crippen LogP contribution in [0.15, 0.2) is 59.5 Å². The van der Waals surface area contributed by atoms with Crippen molar-refractivity contribution in [3.63, 3.8) is 0 Å². The molecule has 3 aromatic carbocycles. The van der Waals surface area contributed by atoms with E-state index in [2.05, 4.69) is 10.0 Å². The molecule has 12 heteroatoms. The van der Waals surface area contributed by atoms with Gasteiger partial charge in [-0.2, -0.15) is 0 Å². The lowest BCUT2D eigenvalue weighted by atomic mass is 10.1. The zero-order valence-corrected chi connectivity index (χ0v) is 18.8. The number of nitrogens with one attached hydrogen (secondary N) is 2. The molecule has 0 aromatic heterocycles. The molecular formula is C21H17ClFN3O6S. The number of amides is 1. The lowest BCUT2D eigenvalue weighted by Gasteiger charge is -2.14. The Morgan fingerprint density at radius 1 is 1.15 bits per heavy atom. The molecule has 0 aliphatic carbocycles. The first-order valence-corrected chi connectivity index (χ1v) is 11.1. The molecule has 0 radical (unpaired) electrons. The van der Waals surface area contributed by atoms with Gasteiger partial charge in [0.1, 0.15) is 16.5 Å². The third-order valence-corrected chi connectivity index (χ3v) is 6.32. The number of nitro groups is 1. The Kier molecular flexibility index (Phi) is 6.84. The summed E-state index contributed by atoms with van der Waals surface area (Å²) in [6.07, 6.45) is 0. The number of nitrogens with zero attached hydrogens (tertiary/aromatic N) is 1. The maximum absolute atomic E-state index is 14.1. The van der Waals surface area contributed by atoms with Crippen LogP contribution in [0.1, 0.15) is 15.9 Å². The number of hydrogen-bond donors (Lipinski definition) is 2. The highest BCUT2D eigenvalue weighted by Gasteiger charge is 2.23. The van der Waals surface area contributed by atoms with E-state index in [0.29, 0.717) is 0 Å². The van der Waals surface area contributed by atoms with Crippen LogP contribution in [0, 0.1) is 22.9 Å². The minimum absolute atomic E-state index is 0.00966. The van der Waals surface area contributed by atoms with E-state index in [1.54, 1.807) is 12.1 Å². The number of hydrogen-bond acceptors (Lipinski definition) is 6. The van der Waals surface area contributed by atoms with Crippen LogP contribution in [0.4, 0.5) is 21.5 Å². The fraction of sp³-hybridized carbons (Fsp3) is 0.0952. The highest BCUT2D eigenvalue weighted by molar-refractivity contribution is 7.92. The van der Waals surface area contributed by atoms with Crippen molar-refractivity contribution < 1.29 is 27.3 Å². The van der Waals surface area contributed by atoms with Crippen molar-refractivity contribution in [3.05, 3.63) is 86.7 Å². The fourth-order valence-corrected chi connectivity index (χ4v) is 4.41. The quantitative estimate of drug-likeness (QED) is 0.361. The van der Waals surface area contributed by atoms with E-state index in [1.807, 2.05) is 0 Å². The summed E-state index contributed by atoms with van der Waals surface area (Å²) in [6, 6.07) is 11.8. The normalized spacial score (nSPS) is 11.0. The number of anilines is 2. The predicted octanol–water partition coefficient (Wildman–Crippen LogP) is 4.76. The molecule has 0 aliphatic rings. The third-order valence-electron chi connectivity index (χ3n) is 4.60. The molecule has 0 saturated carbocycles. The van der Waals surface area contributed by atoms with Gasteiger partial charge in [0, 0.05) is 17.3 Å². The van der Waals surface area contributed by atoms with E-state index in [0.717, 1.165) is 18.2 Å². The summed E-state index contributed by atoms with van der Waals surface area (Å²) >= 11 is 6.02. The van der Waals surface area contributed by atoms with Crippen LogP contribution in [-0.2, 0) is 10.0 Å². The Labute approximate surface area is 193 Å². The number of nitro benzene ring substituents is 1. The maximum atomic E-state index is 14.1. The number of halogens is 2. The molecule has 0 aliphatic heterocycles. The number of carbonyl (C=O) groups excluding carboxylic acids is 1. The summed E-state index contributed by atoms with van der Waals surface area (Å²) in [5, 5.41) is 13.7. The highest BCUT2D eigenvalue weighted by atomic mass is 35.5. The summed E-state index contributed by atoms with van der Waals surface area (Å²) in [4.78, 5) is 22.6. The molecule has 2 N–H and O–H groups in total. The number of benzene rings is 3. The molecule has 0 heterocycles. The van der Waals surface area contributed by atoms with Crippen LogP contribution in [-0.4, -0.2) is 26.4 Å². The Hall–Kier alpha value is -3.70. The van der Waals surface area contributed by atoms with Gasteiger partial charge < -0.3 is 10.1 Å². The second-order valence-corrected chi connectivity index (χ2v) is 8.82. The SMILES string of the molecule is COc1ccc(NC(=O)c2cc(F)c(C)c([N+](=O)[O-])c2)cc1S(=O)(=O)Nc1ccccc1Cl. The van der Waals surface area contributed by atoms with Crippen LogP contribution in [0.5, 0.6) is 5.75 Å². The molecule has 0 atom stereocenters. The van der Waals surface area contributed by atoms with Gasteiger partial charge in [0.2, 0.25) is 0 Å². The van der Waals surface area contributed by atoms with Gasteiger partial charge in [0.05, 0.1) is 28.3 Å². The van der Waals surface area contributed by atoms with E-state index >= 15 is 0 Å². The molecule has 9 nitrogen and oxygen atoms in total. The molecule has 0 bridgehead atoms. The second kappa shape index (κ2) is 9.43. The number of carbonyl (C=O) groups is 1. The maximum Gasteiger partial charge on any atom is 0.276 e.